The highest BCUT2D eigenvalue weighted by atomic mass is 32.2. The molecule has 0 unspecified atom stereocenters. The van der Waals surface area contributed by atoms with Crippen LogP contribution in [0.5, 0.6) is 0 Å². The third-order valence-electron chi connectivity index (χ3n) is 3.50. The highest BCUT2D eigenvalue weighted by Crippen LogP contribution is 2.36. The number of aromatic carboxylic acids is 1. The zero-order valence-electron chi connectivity index (χ0n) is 10.9. The molecule has 7 heteroatoms. The molecule has 21 heavy (non-hydrogen) atoms. The van der Waals surface area contributed by atoms with Gasteiger partial charge in [-0.05, 0) is 35.9 Å². The van der Waals surface area contributed by atoms with Crippen molar-refractivity contribution in [3.8, 4) is 10.7 Å². The molecular formula is C14H11N3O2S2. The number of hydrogen-bond acceptors (Lipinski definition) is 5. The third-order valence-corrected chi connectivity index (χ3v) is 5.74. The largest absolute Gasteiger partial charge is 0.478 e. The number of hydrogen-bond donors (Lipinski definition) is 1. The maximum Gasteiger partial charge on any atom is 0.337 e. The van der Waals surface area contributed by atoms with Gasteiger partial charge in [0.05, 0.1) is 10.4 Å². The third kappa shape index (κ3) is 2.13. The summed E-state index contributed by atoms with van der Waals surface area (Å²) in [5.74, 6) is 1.98. The van der Waals surface area contributed by atoms with Crippen molar-refractivity contribution in [3.05, 3.63) is 40.4 Å². The van der Waals surface area contributed by atoms with Gasteiger partial charge in [0.25, 0.3) is 0 Å². The van der Waals surface area contributed by atoms with Crippen LogP contribution in [0.1, 0.15) is 20.8 Å². The summed E-state index contributed by atoms with van der Waals surface area (Å²) in [7, 11) is 0. The maximum atomic E-state index is 11.1. The molecule has 0 radical (unpaired) electrons. The van der Waals surface area contributed by atoms with E-state index in [9.17, 15) is 4.79 Å². The van der Waals surface area contributed by atoms with Crippen LogP contribution in [0.25, 0.3) is 16.3 Å². The first-order valence-electron chi connectivity index (χ1n) is 6.50. The molecule has 0 amide bonds. The van der Waals surface area contributed by atoms with Crippen molar-refractivity contribution in [1.82, 2.24) is 14.6 Å². The topological polar surface area (TPSA) is 67.5 Å². The van der Waals surface area contributed by atoms with Crippen molar-refractivity contribution >= 4 is 34.7 Å². The SMILES string of the molecule is O=C(O)c1ccc2nnc(-c3cc4c(s3)CCSC4)n2c1. The van der Waals surface area contributed by atoms with Gasteiger partial charge in [0.1, 0.15) is 0 Å². The predicted octanol–water partition coefficient (Wildman–Crippen LogP) is 2.95. The first kappa shape index (κ1) is 12.8. The number of aromatic nitrogens is 3. The molecule has 0 bridgehead atoms. The van der Waals surface area contributed by atoms with E-state index in [1.54, 1.807) is 34.1 Å². The number of fused-ring (bicyclic) bond motifs is 2. The average molecular weight is 317 g/mol. The van der Waals surface area contributed by atoms with Crippen LogP contribution in [-0.4, -0.2) is 31.4 Å². The Labute approximate surface area is 128 Å². The lowest BCUT2D eigenvalue weighted by molar-refractivity contribution is 0.0696. The van der Waals surface area contributed by atoms with Gasteiger partial charge in [0, 0.05) is 16.8 Å². The van der Waals surface area contributed by atoms with Gasteiger partial charge in [-0.1, -0.05) is 0 Å². The Morgan fingerprint density at radius 2 is 2.24 bits per heavy atom. The number of carboxylic acid groups (broad SMARTS) is 1. The summed E-state index contributed by atoms with van der Waals surface area (Å²) < 4.78 is 1.76. The quantitative estimate of drug-likeness (QED) is 0.787. The zero-order valence-corrected chi connectivity index (χ0v) is 12.6. The molecule has 0 spiro atoms. The Hall–Kier alpha value is -1.86. The molecule has 3 aromatic heterocycles. The number of thioether (sulfide) groups is 1. The fraction of sp³-hybridized carbons (Fsp3) is 0.214. The van der Waals surface area contributed by atoms with Crippen LogP contribution in [0.4, 0.5) is 0 Å². The van der Waals surface area contributed by atoms with Crippen LogP contribution < -0.4 is 0 Å². The van der Waals surface area contributed by atoms with E-state index in [1.807, 2.05) is 11.8 Å². The predicted molar refractivity (Wildman–Crippen MR) is 83.1 cm³/mol. The van der Waals surface area contributed by atoms with Crippen LogP contribution in [0.15, 0.2) is 24.4 Å². The molecule has 106 valence electrons. The van der Waals surface area contributed by atoms with E-state index in [2.05, 4.69) is 16.3 Å². The molecule has 1 aliphatic rings. The number of nitrogens with zero attached hydrogens (tertiary/aromatic N) is 3. The number of thiophene rings is 1. The molecule has 0 aliphatic carbocycles. The van der Waals surface area contributed by atoms with E-state index in [1.165, 1.54) is 10.4 Å². The van der Waals surface area contributed by atoms with Crippen molar-refractivity contribution in [2.75, 3.05) is 5.75 Å². The minimum Gasteiger partial charge on any atom is -0.478 e. The lowest BCUT2D eigenvalue weighted by Gasteiger charge is -2.08. The van der Waals surface area contributed by atoms with Crippen LogP contribution in [0.3, 0.4) is 0 Å². The minimum absolute atomic E-state index is 0.237. The highest BCUT2D eigenvalue weighted by Gasteiger charge is 2.18. The molecular weight excluding hydrogens is 306 g/mol. The minimum atomic E-state index is -0.946. The van der Waals surface area contributed by atoms with E-state index in [0.717, 1.165) is 28.6 Å². The van der Waals surface area contributed by atoms with Crippen LogP contribution in [0.2, 0.25) is 0 Å². The molecule has 1 aliphatic heterocycles. The summed E-state index contributed by atoms with van der Waals surface area (Å²) >= 11 is 3.68. The number of aryl methyl sites for hydroxylation is 1. The van der Waals surface area contributed by atoms with E-state index < -0.39 is 5.97 Å². The van der Waals surface area contributed by atoms with Gasteiger partial charge < -0.3 is 5.11 Å². The molecule has 3 aromatic rings. The first-order chi connectivity index (χ1) is 10.2. The van der Waals surface area contributed by atoms with E-state index in [0.29, 0.717) is 5.65 Å². The highest BCUT2D eigenvalue weighted by molar-refractivity contribution is 7.98. The smallest absolute Gasteiger partial charge is 0.337 e. The molecule has 5 nitrogen and oxygen atoms in total. The van der Waals surface area contributed by atoms with E-state index >= 15 is 0 Å². The Morgan fingerprint density at radius 3 is 3.05 bits per heavy atom. The molecule has 1 N–H and O–H groups in total. The summed E-state index contributed by atoms with van der Waals surface area (Å²) in [5, 5.41) is 17.5. The molecule has 0 aromatic carbocycles. The van der Waals surface area contributed by atoms with Crippen molar-refractivity contribution in [3.63, 3.8) is 0 Å². The molecule has 0 fully saturated rings. The van der Waals surface area contributed by atoms with Crippen LogP contribution in [-0.2, 0) is 12.2 Å². The van der Waals surface area contributed by atoms with Gasteiger partial charge in [-0.3, -0.25) is 4.40 Å². The monoisotopic (exact) mass is 317 g/mol. The Kier molecular flexibility index (Phi) is 2.97. The number of carbonyl (C=O) groups is 1. The van der Waals surface area contributed by atoms with Gasteiger partial charge in [0.15, 0.2) is 11.5 Å². The first-order valence-corrected chi connectivity index (χ1v) is 8.47. The standard InChI is InChI=1S/C14H11N3O2S2/c18-14(19)8-1-2-12-15-16-13(17(12)6-8)11-5-9-7-20-4-3-10(9)21-11/h1-2,5-6H,3-4,7H2,(H,18,19). The fourth-order valence-electron chi connectivity index (χ4n) is 2.44. The second-order valence-electron chi connectivity index (χ2n) is 4.84. The Morgan fingerprint density at radius 1 is 1.33 bits per heavy atom. The normalized spacial score (nSPS) is 14.3. The van der Waals surface area contributed by atoms with Crippen molar-refractivity contribution < 1.29 is 9.90 Å². The number of rotatable bonds is 2. The lowest BCUT2D eigenvalue weighted by Crippen LogP contribution is -1.99. The van der Waals surface area contributed by atoms with E-state index in [-0.39, 0.29) is 5.56 Å². The van der Waals surface area contributed by atoms with Gasteiger partial charge in [-0.25, -0.2) is 4.79 Å². The van der Waals surface area contributed by atoms with Crippen molar-refractivity contribution in [2.45, 2.75) is 12.2 Å². The fourth-order valence-corrected chi connectivity index (χ4v) is 4.80. The molecule has 0 atom stereocenters. The maximum absolute atomic E-state index is 11.1. The summed E-state index contributed by atoms with van der Waals surface area (Å²) in [4.78, 5) is 13.6. The lowest BCUT2D eigenvalue weighted by atomic mass is 10.2. The summed E-state index contributed by atoms with van der Waals surface area (Å²) in [6, 6.07) is 5.39. The van der Waals surface area contributed by atoms with Crippen molar-refractivity contribution in [2.24, 2.45) is 0 Å². The van der Waals surface area contributed by atoms with Crippen LogP contribution >= 0.6 is 23.1 Å². The summed E-state index contributed by atoms with van der Waals surface area (Å²) in [6.45, 7) is 0. The Balaban J connectivity index is 1.87. The number of pyridine rings is 1. The second kappa shape index (κ2) is 4.85. The van der Waals surface area contributed by atoms with Gasteiger partial charge in [-0.15, -0.1) is 21.5 Å². The van der Waals surface area contributed by atoms with Gasteiger partial charge in [0.2, 0.25) is 0 Å². The summed E-state index contributed by atoms with van der Waals surface area (Å²) in [6.07, 6.45) is 2.68. The van der Waals surface area contributed by atoms with E-state index in [4.69, 9.17) is 5.11 Å². The Bertz CT molecular complexity index is 830. The molecule has 4 heterocycles. The van der Waals surface area contributed by atoms with Gasteiger partial charge >= 0.3 is 5.97 Å². The van der Waals surface area contributed by atoms with Gasteiger partial charge in [-0.2, -0.15) is 11.8 Å². The average Bonchev–Trinajstić information content (AvgIpc) is 3.09. The molecule has 4 rings (SSSR count). The molecule has 0 saturated heterocycles. The number of carboxylic acids is 1. The van der Waals surface area contributed by atoms with Crippen molar-refractivity contribution in [1.29, 1.82) is 0 Å². The zero-order chi connectivity index (χ0) is 14.4. The second-order valence-corrected chi connectivity index (χ2v) is 7.08. The molecule has 0 saturated carbocycles. The summed E-state index contributed by atoms with van der Waals surface area (Å²) in [5.41, 5.74) is 2.27. The van der Waals surface area contributed by atoms with Crippen LogP contribution in [0, 0.1) is 0 Å².